The Morgan fingerprint density at radius 1 is 0.516 bits per heavy atom. The van der Waals surface area contributed by atoms with E-state index in [2.05, 4.69) is 92.7 Å². The van der Waals surface area contributed by atoms with Gasteiger partial charge in [0.05, 0.1) is 0 Å². The number of hydrogen-bond donors (Lipinski definition) is 0. The summed E-state index contributed by atoms with van der Waals surface area (Å²) in [6, 6.07) is 35.3. The zero-order valence-corrected chi connectivity index (χ0v) is 17.7. The van der Waals surface area contributed by atoms with Crippen LogP contribution in [0.1, 0.15) is 23.0 Å². The van der Waals surface area contributed by atoms with E-state index < -0.39 is 6.29 Å². The van der Waals surface area contributed by atoms with Gasteiger partial charge in [-0.2, -0.15) is 0 Å². The summed E-state index contributed by atoms with van der Waals surface area (Å²) in [5.41, 5.74) is 3.40. The van der Waals surface area contributed by atoms with Gasteiger partial charge in [0.1, 0.15) is 11.5 Å². The van der Waals surface area contributed by atoms with Gasteiger partial charge in [-0.25, -0.2) is 0 Å². The quantitative estimate of drug-likeness (QED) is 0.220. The molecular weight excluding hydrogens is 380 g/mol. The molecule has 0 aliphatic heterocycles. The van der Waals surface area contributed by atoms with E-state index in [4.69, 9.17) is 9.47 Å². The van der Waals surface area contributed by atoms with Crippen molar-refractivity contribution in [3.63, 3.8) is 0 Å². The van der Waals surface area contributed by atoms with Crippen molar-refractivity contribution in [2.45, 2.75) is 20.1 Å². The van der Waals surface area contributed by atoms with Crippen LogP contribution in [0.15, 0.2) is 103 Å². The number of benzene rings is 5. The molecule has 0 N–H and O–H groups in total. The van der Waals surface area contributed by atoms with Gasteiger partial charge in [0.15, 0.2) is 0 Å². The molecule has 152 valence electrons. The Morgan fingerprint density at radius 2 is 1.00 bits per heavy atom. The van der Waals surface area contributed by atoms with Gasteiger partial charge in [0, 0.05) is 5.56 Å². The van der Waals surface area contributed by atoms with Gasteiger partial charge in [-0.3, -0.25) is 0 Å². The first-order valence-electron chi connectivity index (χ1n) is 10.5. The van der Waals surface area contributed by atoms with Crippen molar-refractivity contribution in [3.8, 4) is 11.5 Å². The van der Waals surface area contributed by atoms with Crippen LogP contribution < -0.4 is 9.47 Å². The first-order valence-corrected chi connectivity index (χ1v) is 10.5. The average Bonchev–Trinajstić information content (AvgIpc) is 2.81. The fourth-order valence-electron chi connectivity index (χ4n) is 3.91. The second kappa shape index (κ2) is 8.16. The summed E-state index contributed by atoms with van der Waals surface area (Å²) in [6.07, 6.45) is -0.583. The van der Waals surface area contributed by atoms with Crippen LogP contribution >= 0.6 is 0 Å². The summed E-state index contributed by atoms with van der Waals surface area (Å²) in [5, 5.41) is 4.72. The van der Waals surface area contributed by atoms with Crippen molar-refractivity contribution in [2.75, 3.05) is 0 Å². The van der Waals surface area contributed by atoms with Gasteiger partial charge in [-0.05, 0) is 65.7 Å². The van der Waals surface area contributed by atoms with Crippen molar-refractivity contribution in [3.05, 3.63) is 120 Å². The molecule has 0 aromatic heterocycles. The molecule has 0 spiro atoms. The molecule has 5 aromatic rings. The van der Waals surface area contributed by atoms with E-state index in [1.54, 1.807) is 0 Å². The molecule has 5 aromatic carbocycles. The Labute approximate surface area is 182 Å². The molecular formula is C29H24O2. The lowest BCUT2D eigenvalue weighted by Gasteiger charge is -2.23. The zero-order valence-electron chi connectivity index (χ0n) is 17.7. The Kier molecular flexibility index (Phi) is 5.05. The van der Waals surface area contributed by atoms with Crippen LogP contribution in [0.2, 0.25) is 0 Å². The minimum absolute atomic E-state index is 0.583. The standard InChI is InChI=1S/C29H24O2/c1-20-11-15-23(16-12-20)30-29(31-24-17-13-21(2)14-18-24)28-19-22-7-3-4-8-25(22)26-9-5-6-10-27(26)28/h3-19,29H,1-2H3. The van der Waals surface area contributed by atoms with Crippen molar-refractivity contribution >= 4 is 21.5 Å². The lowest BCUT2D eigenvalue weighted by atomic mass is 9.97. The summed E-state index contributed by atoms with van der Waals surface area (Å²) >= 11 is 0. The molecule has 0 saturated heterocycles. The fourth-order valence-corrected chi connectivity index (χ4v) is 3.91. The third-order valence-corrected chi connectivity index (χ3v) is 5.58. The summed E-state index contributed by atoms with van der Waals surface area (Å²) in [4.78, 5) is 0. The minimum atomic E-state index is -0.583. The minimum Gasteiger partial charge on any atom is -0.451 e. The predicted molar refractivity (Wildman–Crippen MR) is 128 cm³/mol. The van der Waals surface area contributed by atoms with Gasteiger partial charge in [0.25, 0.3) is 6.29 Å². The molecule has 0 heterocycles. The van der Waals surface area contributed by atoms with Crippen molar-refractivity contribution in [1.29, 1.82) is 0 Å². The molecule has 31 heavy (non-hydrogen) atoms. The molecule has 5 rings (SSSR count). The molecule has 0 aliphatic rings. The van der Waals surface area contributed by atoms with Gasteiger partial charge in [0.2, 0.25) is 0 Å². The maximum atomic E-state index is 6.42. The van der Waals surface area contributed by atoms with Gasteiger partial charge < -0.3 is 9.47 Å². The van der Waals surface area contributed by atoms with E-state index >= 15 is 0 Å². The molecule has 2 heteroatoms. The van der Waals surface area contributed by atoms with Crippen LogP contribution in [-0.2, 0) is 0 Å². The number of hydrogen-bond acceptors (Lipinski definition) is 2. The van der Waals surface area contributed by atoms with E-state index in [1.165, 1.54) is 27.3 Å². The summed E-state index contributed by atoms with van der Waals surface area (Å²) < 4.78 is 12.8. The van der Waals surface area contributed by atoms with Crippen LogP contribution in [0.5, 0.6) is 11.5 Å². The van der Waals surface area contributed by atoms with E-state index in [0.29, 0.717) is 0 Å². The van der Waals surface area contributed by atoms with Gasteiger partial charge >= 0.3 is 0 Å². The Balaban J connectivity index is 1.66. The van der Waals surface area contributed by atoms with E-state index in [0.717, 1.165) is 22.4 Å². The summed E-state index contributed by atoms with van der Waals surface area (Å²) in [7, 11) is 0. The maximum absolute atomic E-state index is 6.42. The molecule has 0 atom stereocenters. The highest BCUT2D eigenvalue weighted by atomic mass is 16.7. The molecule has 0 radical (unpaired) electrons. The molecule has 0 fully saturated rings. The smallest absolute Gasteiger partial charge is 0.268 e. The third-order valence-electron chi connectivity index (χ3n) is 5.58. The zero-order chi connectivity index (χ0) is 21.2. The number of ether oxygens (including phenoxy) is 2. The van der Waals surface area contributed by atoms with Gasteiger partial charge in [-0.1, -0.05) is 83.9 Å². The Hall–Kier alpha value is -3.78. The summed E-state index contributed by atoms with van der Waals surface area (Å²) in [6.45, 7) is 4.14. The molecule has 0 bridgehead atoms. The molecule has 2 nitrogen and oxygen atoms in total. The Bertz CT molecular complexity index is 1290. The molecule has 0 unspecified atom stereocenters. The third kappa shape index (κ3) is 3.97. The van der Waals surface area contributed by atoms with Crippen LogP contribution in [0.3, 0.4) is 0 Å². The summed E-state index contributed by atoms with van der Waals surface area (Å²) in [5.74, 6) is 1.56. The largest absolute Gasteiger partial charge is 0.451 e. The average molecular weight is 405 g/mol. The first kappa shape index (κ1) is 19.2. The van der Waals surface area contributed by atoms with Crippen LogP contribution in [0.4, 0.5) is 0 Å². The number of aryl methyl sites for hydroxylation is 2. The Morgan fingerprint density at radius 3 is 1.58 bits per heavy atom. The molecule has 0 amide bonds. The molecule has 0 aliphatic carbocycles. The second-order valence-electron chi connectivity index (χ2n) is 7.93. The normalized spacial score (nSPS) is 11.2. The van der Waals surface area contributed by atoms with Crippen molar-refractivity contribution < 1.29 is 9.47 Å². The van der Waals surface area contributed by atoms with E-state index in [1.807, 2.05) is 24.3 Å². The van der Waals surface area contributed by atoms with Crippen molar-refractivity contribution in [1.82, 2.24) is 0 Å². The maximum Gasteiger partial charge on any atom is 0.268 e. The highest BCUT2D eigenvalue weighted by Crippen LogP contribution is 2.35. The van der Waals surface area contributed by atoms with Crippen LogP contribution in [-0.4, -0.2) is 0 Å². The monoisotopic (exact) mass is 404 g/mol. The van der Waals surface area contributed by atoms with Crippen LogP contribution in [0.25, 0.3) is 21.5 Å². The van der Waals surface area contributed by atoms with E-state index in [-0.39, 0.29) is 0 Å². The second-order valence-corrected chi connectivity index (χ2v) is 7.93. The molecule has 0 saturated carbocycles. The highest BCUT2D eigenvalue weighted by molar-refractivity contribution is 6.09. The predicted octanol–water partition coefficient (Wildman–Crippen LogP) is 7.77. The lowest BCUT2D eigenvalue weighted by Crippen LogP contribution is -2.15. The topological polar surface area (TPSA) is 18.5 Å². The first-order chi connectivity index (χ1) is 15.2. The van der Waals surface area contributed by atoms with Crippen LogP contribution in [0, 0.1) is 13.8 Å². The van der Waals surface area contributed by atoms with E-state index in [9.17, 15) is 0 Å². The number of fused-ring (bicyclic) bond motifs is 3. The number of rotatable bonds is 5. The van der Waals surface area contributed by atoms with Gasteiger partial charge in [-0.15, -0.1) is 0 Å². The SMILES string of the molecule is Cc1ccc(OC(Oc2ccc(C)cc2)c2cc3ccccc3c3ccccc23)cc1. The lowest BCUT2D eigenvalue weighted by molar-refractivity contribution is 0.00509. The highest BCUT2D eigenvalue weighted by Gasteiger charge is 2.20. The van der Waals surface area contributed by atoms with Crippen molar-refractivity contribution in [2.24, 2.45) is 0 Å². The fraction of sp³-hybridized carbons (Fsp3) is 0.103.